The highest BCUT2D eigenvalue weighted by Crippen LogP contribution is 2.29. The maximum atomic E-state index is 5.75. The van der Waals surface area contributed by atoms with Crippen LogP contribution in [0.1, 0.15) is 0 Å². The van der Waals surface area contributed by atoms with Crippen molar-refractivity contribution >= 4 is 34.7 Å². The maximum absolute atomic E-state index is 5.75. The fourth-order valence-corrected chi connectivity index (χ4v) is 2.08. The first kappa shape index (κ1) is 11.1. The molecule has 0 atom stereocenters. The number of nitrogen functional groups attached to an aromatic ring is 2. The Hall–Kier alpha value is -1.39. The molecule has 16 heavy (non-hydrogen) atoms. The first-order chi connectivity index (χ1) is 7.65. The molecule has 0 fully saturated rings. The van der Waals surface area contributed by atoms with E-state index < -0.39 is 0 Å². The number of nitrogens with zero attached hydrogens (tertiary/aromatic N) is 1. The number of hydrogen-bond acceptors (Lipinski definition) is 4. The molecule has 1 heterocycles. The minimum Gasteiger partial charge on any atom is -0.397 e. The van der Waals surface area contributed by atoms with Crippen LogP contribution in [0.25, 0.3) is 0 Å². The van der Waals surface area contributed by atoms with Crippen LogP contribution >= 0.6 is 23.4 Å². The summed E-state index contributed by atoms with van der Waals surface area (Å²) in [6.45, 7) is 0. The Morgan fingerprint density at radius 1 is 1.06 bits per heavy atom. The molecule has 0 bridgehead atoms. The van der Waals surface area contributed by atoms with Gasteiger partial charge in [0.1, 0.15) is 5.03 Å². The van der Waals surface area contributed by atoms with Crippen molar-refractivity contribution in [1.82, 2.24) is 4.98 Å². The van der Waals surface area contributed by atoms with Gasteiger partial charge in [0.25, 0.3) is 0 Å². The van der Waals surface area contributed by atoms with Crippen LogP contribution < -0.4 is 11.5 Å². The van der Waals surface area contributed by atoms with Gasteiger partial charge in [-0.1, -0.05) is 23.4 Å². The van der Waals surface area contributed by atoms with Crippen molar-refractivity contribution in [3.8, 4) is 0 Å². The summed E-state index contributed by atoms with van der Waals surface area (Å²) in [4.78, 5) is 5.19. The van der Waals surface area contributed by atoms with E-state index in [-0.39, 0.29) is 0 Å². The predicted octanol–water partition coefficient (Wildman–Crippen LogP) is 3.05. The molecule has 4 N–H and O–H groups in total. The summed E-state index contributed by atoms with van der Waals surface area (Å²) >= 11 is 7.27. The smallest absolute Gasteiger partial charge is 0.101 e. The third-order valence-corrected chi connectivity index (χ3v) is 3.14. The zero-order chi connectivity index (χ0) is 11.5. The number of halogens is 1. The van der Waals surface area contributed by atoms with Crippen molar-refractivity contribution in [3.63, 3.8) is 0 Å². The normalized spacial score (nSPS) is 10.3. The van der Waals surface area contributed by atoms with E-state index >= 15 is 0 Å². The number of benzene rings is 1. The van der Waals surface area contributed by atoms with Gasteiger partial charge in [0, 0.05) is 11.1 Å². The molecule has 0 unspecified atom stereocenters. The van der Waals surface area contributed by atoms with Gasteiger partial charge in [-0.05, 0) is 30.3 Å². The average Bonchev–Trinajstić information content (AvgIpc) is 2.27. The Labute approximate surface area is 103 Å². The summed E-state index contributed by atoms with van der Waals surface area (Å²) in [5, 5.41) is 1.50. The molecule has 0 radical (unpaired) electrons. The Balaban J connectivity index is 2.20. The van der Waals surface area contributed by atoms with E-state index in [2.05, 4.69) is 4.98 Å². The van der Waals surface area contributed by atoms with Crippen LogP contribution in [0.5, 0.6) is 0 Å². The van der Waals surface area contributed by atoms with Gasteiger partial charge in [0.2, 0.25) is 0 Å². The van der Waals surface area contributed by atoms with E-state index in [0.29, 0.717) is 16.4 Å². The van der Waals surface area contributed by atoms with Crippen LogP contribution in [-0.4, -0.2) is 4.98 Å². The summed E-state index contributed by atoms with van der Waals surface area (Å²) in [5.74, 6) is 0. The second-order valence-electron chi connectivity index (χ2n) is 3.21. The van der Waals surface area contributed by atoms with Crippen LogP contribution in [0.4, 0.5) is 11.4 Å². The maximum Gasteiger partial charge on any atom is 0.101 e. The van der Waals surface area contributed by atoms with E-state index in [1.165, 1.54) is 11.8 Å². The zero-order valence-corrected chi connectivity index (χ0v) is 9.92. The molecule has 82 valence electrons. The van der Waals surface area contributed by atoms with Crippen LogP contribution in [-0.2, 0) is 0 Å². The lowest BCUT2D eigenvalue weighted by molar-refractivity contribution is 1.13. The molecule has 0 aliphatic rings. The van der Waals surface area contributed by atoms with Gasteiger partial charge in [0.15, 0.2) is 0 Å². The average molecular weight is 252 g/mol. The van der Waals surface area contributed by atoms with Crippen molar-refractivity contribution in [2.45, 2.75) is 9.92 Å². The number of nitrogens with two attached hydrogens (primary N) is 2. The Bertz CT molecular complexity index is 499. The monoisotopic (exact) mass is 251 g/mol. The molecule has 2 aromatic rings. The van der Waals surface area contributed by atoms with Gasteiger partial charge in [-0.15, -0.1) is 0 Å². The SMILES string of the molecule is Nc1ccc(Sc2ccc(Cl)cn2)cc1N. The molecule has 0 saturated carbocycles. The highest BCUT2D eigenvalue weighted by molar-refractivity contribution is 7.99. The lowest BCUT2D eigenvalue weighted by Crippen LogP contribution is -1.93. The number of pyridine rings is 1. The largest absolute Gasteiger partial charge is 0.397 e. The van der Waals surface area contributed by atoms with Crippen LogP contribution in [0, 0.1) is 0 Å². The number of hydrogen-bond donors (Lipinski definition) is 2. The van der Waals surface area contributed by atoms with Gasteiger partial charge in [-0.25, -0.2) is 4.98 Å². The molecular weight excluding hydrogens is 242 g/mol. The Morgan fingerprint density at radius 3 is 2.50 bits per heavy atom. The molecule has 0 aliphatic heterocycles. The molecule has 0 aliphatic carbocycles. The molecule has 0 amide bonds. The second-order valence-corrected chi connectivity index (χ2v) is 4.74. The lowest BCUT2D eigenvalue weighted by Gasteiger charge is -2.04. The van der Waals surface area contributed by atoms with Gasteiger partial charge in [-0.2, -0.15) is 0 Å². The van der Waals surface area contributed by atoms with Crippen LogP contribution in [0.15, 0.2) is 46.5 Å². The molecule has 0 saturated heterocycles. The fourth-order valence-electron chi connectivity index (χ4n) is 1.16. The van der Waals surface area contributed by atoms with Crippen molar-refractivity contribution in [3.05, 3.63) is 41.6 Å². The third-order valence-electron chi connectivity index (χ3n) is 1.98. The predicted molar refractivity (Wildman–Crippen MR) is 68.6 cm³/mol. The van der Waals surface area contributed by atoms with E-state index in [1.54, 1.807) is 18.3 Å². The quantitative estimate of drug-likeness (QED) is 0.806. The van der Waals surface area contributed by atoms with Gasteiger partial charge < -0.3 is 11.5 Å². The van der Waals surface area contributed by atoms with Gasteiger partial charge in [0.05, 0.1) is 16.4 Å². The summed E-state index contributed by atoms with van der Waals surface area (Å²) < 4.78 is 0. The topological polar surface area (TPSA) is 64.9 Å². The van der Waals surface area contributed by atoms with E-state index in [0.717, 1.165) is 9.92 Å². The van der Waals surface area contributed by atoms with Gasteiger partial charge in [-0.3, -0.25) is 0 Å². The first-order valence-electron chi connectivity index (χ1n) is 4.59. The molecule has 0 spiro atoms. The van der Waals surface area contributed by atoms with Crippen molar-refractivity contribution < 1.29 is 0 Å². The standard InChI is InChI=1S/C11H10ClN3S/c12-7-1-4-11(15-6-7)16-8-2-3-9(13)10(14)5-8/h1-6H,13-14H2. The second kappa shape index (κ2) is 4.63. The fraction of sp³-hybridized carbons (Fsp3) is 0. The highest BCUT2D eigenvalue weighted by atomic mass is 35.5. The summed E-state index contributed by atoms with van der Waals surface area (Å²) in [5.41, 5.74) is 12.5. The van der Waals surface area contributed by atoms with E-state index in [9.17, 15) is 0 Å². The molecule has 1 aromatic carbocycles. The van der Waals surface area contributed by atoms with Crippen molar-refractivity contribution in [2.24, 2.45) is 0 Å². The summed E-state index contributed by atoms with van der Waals surface area (Å²) in [7, 11) is 0. The Morgan fingerprint density at radius 2 is 1.88 bits per heavy atom. The highest BCUT2D eigenvalue weighted by Gasteiger charge is 2.01. The number of anilines is 2. The van der Waals surface area contributed by atoms with Gasteiger partial charge >= 0.3 is 0 Å². The Kier molecular flexibility index (Phi) is 3.22. The first-order valence-corrected chi connectivity index (χ1v) is 5.79. The molecular formula is C11H10ClN3S. The molecule has 3 nitrogen and oxygen atoms in total. The number of aromatic nitrogens is 1. The van der Waals surface area contributed by atoms with Crippen LogP contribution in [0.2, 0.25) is 5.02 Å². The minimum atomic E-state index is 0.582. The minimum absolute atomic E-state index is 0.582. The van der Waals surface area contributed by atoms with Crippen LogP contribution in [0.3, 0.4) is 0 Å². The zero-order valence-electron chi connectivity index (χ0n) is 8.35. The van der Waals surface area contributed by atoms with Crippen molar-refractivity contribution in [2.75, 3.05) is 11.5 Å². The molecule has 1 aromatic heterocycles. The van der Waals surface area contributed by atoms with E-state index in [1.807, 2.05) is 18.2 Å². The summed E-state index contributed by atoms with van der Waals surface area (Å²) in [6, 6.07) is 9.19. The lowest BCUT2D eigenvalue weighted by atomic mass is 10.3. The third kappa shape index (κ3) is 2.59. The van der Waals surface area contributed by atoms with E-state index in [4.69, 9.17) is 23.1 Å². The molecule has 5 heteroatoms. The summed E-state index contributed by atoms with van der Waals surface area (Å²) in [6.07, 6.45) is 1.62. The molecule has 2 rings (SSSR count). The number of rotatable bonds is 2. The van der Waals surface area contributed by atoms with Crippen molar-refractivity contribution in [1.29, 1.82) is 0 Å².